The Labute approximate surface area is 254 Å². The van der Waals surface area contributed by atoms with Crippen molar-refractivity contribution in [2.45, 2.75) is 37.8 Å². The number of ether oxygens (including phenoxy) is 2. The smallest absolute Gasteiger partial charge is 0.250 e. The number of aliphatic hydroxyl groups excluding tert-OH is 1. The van der Waals surface area contributed by atoms with Gasteiger partial charge in [0.15, 0.2) is 0 Å². The third-order valence-electron chi connectivity index (χ3n) is 8.98. The lowest BCUT2D eigenvalue weighted by molar-refractivity contribution is -0.148. The lowest BCUT2D eigenvalue weighted by Crippen LogP contribution is -2.55. The number of hydrogen-bond donors (Lipinski definition) is 1. The molecule has 2 saturated heterocycles. The molecule has 4 aliphatic rings. The van der Waals surface area contributed by atoms with Gasteiger partial charge in [0.2, 0.25) is 11.8 Å². The van der Waals surface area contributed by atoms with E-state index in [1.807, 2.05) is 79.8 Å². The number of carbonyl (C=O) groups excluding carboxylic acids is 3. The average molecular weight is 599 g/mol. The van der Waals surface area contributed by atoms with Gasteiger partial charge >= 0.3 is 0 Å². The number of anilines is 1. The average Bonchev–Trinajstić information content (AvgIpc) is 3.58. The van der Waals surface area contributed by atoms with Crippen LogP contribution >= 0.6 is 0 Å². The number of rotatable bonds is 8. The van der Waals surface area contributed by atoms with Crippen LogP contribution in [0.5, 0.6) is 5.75 Å². The highest BCUT2D eigenvalue weighted by atomic mass is 16.5. The van der Waals surface area contributed by atoms with E-state index in [4.69, 9.17) is 9.47 Å². The molecule has 0 aliphatic carbocycles. The standard InChI is InChI=1S/C32H34N6O6/c1-2-43-22-13-11-21(12-14-22)36-17-5-10-25-26(29(36)40)27-30(41)37(18-7-19-39)28-31(42)35(16-6-15-32(27,28)44-25)20-38-24-9-4-3-8-23(24)33-34-38/h3-6,8-15,25-28,39H,2,7,16-20H2,1H3/t25-,26+,27-,28?,32-/m0/s1. The van der Waals surface area contributed by atoms with Gasteiger partial charge in [-0.15, -0.1) is 5.10 Å². The Morgan fingerprint density at radius 2 is 1.84 bits per heavy atom. The van der Waals surface area contributed by atoms with Gasteiger partial charge in [0.1, 0.15) is 29.6 Å². The van der Waals surface area contributed by atoms with Crippen molar-refractivity contribution in [2.75, 3.05) is 37.7 Å². The lowest BCUT2D eigenvalue weighted by atomic mass is 9.77. The minimum atomic E-state index is -1.35. The quantitative estimate of drug-likeness (QED) is 0.389. The molecule has 0 bridgehead atoms. The monoisotopic (exact) mass is 598 g/mol. The second-order valence-corrected chi connectivity index (χ2v) is 11.4. The fraction of sp³-hybridized carbons (Fsp3) is 0.406. The summed E-state index contributed by atoms with van der Waals surface area (Å²) >= 11 is 0. The molecule has 2 fully saturated rings. The number of para-hydroxylation sites is 1. The van der Waals surface area contributed by atoms with Crippen LogP contribution in [0.1, 0.15) is 13.3 Å². The van der Waals surface area contributed by atoms with Gasteiger partial charge in [-0.1, -0.05) is 41.7 Å². The number of hydrogen-bond acceptors (Lipinski definition) is 8. The summed E-state index contributed by atoms with van der Waals surface area (Å²) in [5, 5.41) is 18.1. The number of aliphatic hydroxyl groups is 1. The summed E-state index contributed by atoms with van der Waals surface area (Å²) in [6.45, 7) is 3.17. The van der Waals surface area contributed by atoms with Crippen LogP contribution in [-0.4, -0.2) is 98.2 Å². The van der Waals surface area contributed by atoms with E-state index in [9.17, 15) is 19.5 Å². The van der Waals surface area contributed by atoms with Crippen LogP contribution in [0.15, 0.2) is 72.8 Å². The van der Waals surface area contributed by atoms with Crippen molar-refractivity contribution in [3.63, 3.8) is 0 Å². The molecule has 2 aromatic carbocycles. The topological polar surface area (TPSA) is 130 Å². The number of aromatic nitrogens is 3. The number of nitrogens with zero attached hydrogens (tertiary/aromatic N) is 6. The maximum atomic E-state index is 14.4. The van der Waals surface area contributed by atoms with Crippen LogP contribution in [0.3, 0.4) is 0 Å². The van der Waals surface area contributed by atoms with E-state index in [1.165, 1.54) is 4.90 Å². The molecule has 1 N–H and O–H groups in total. The van der Waals surface area contributed by atoms with Gasteiger partial charge in [-0.3, -0.25) is 14.4 Å². The number of benzene rings is 2. The molecule has 12 heteroatoms. The van der Waals surface area contributed by atoms with Crippen LogP contribution in [0.25, 0.3) is 11.0 Å². The largest absolute Gasteiger partial charge is 0.494 e. The Morgan fingerprint density at radius 1 is 1.02 bits per heavy atom. The second kappa shape index (κ2) is 11.2. The molecule has 3 amide bonds. The van der Waals surface area contributed by atoms with E-state index in [2.05, 4.69) is 10.3 Å². The van der Waals surface area contributed by atoms with Crippen LogP contribution < -0.4 is 9.64 Å². The zero-order chi connectivity index (χ0) is 30.4. The maximum absolute atomic E-state index is 14.4. The van der Waals surface area contributed by atoms with Crippen molar-refractivity contribution >= 4 is 34.4 Å². The predicted octanol–water partition coefficient (Wildman–Crippen LogP) is 1.75. The van der Waals surface area contributed by atoms with E-state index >= 15 is 0 Å². The van der Waals surface area contributed by atoms with Crippen LogP contribution in [0.2, 0.25) is 0 Å². The van der Waals surface area contributed by atoms with Gasteiger partial charge in [0.25, 0.3) is 5.91 Å². The van der Waals surface area contributed by atoms with Gasteiger partial charge < -0.3 is 29.3 Å². The SMILES string of the molecule is CCOc1ccc(N2CC=C[C@@H]3O[C@]45C=CCN(Cn6nnc7ccccc76)C(=O)C4N(CCCO)C(=O)[C@@H]5[C@@H]3C2=O)cc1. The van der Waals surface area contributed by atoms with Gasteiger partial charge in [-0.05, 0) is 49.7 Å². The predicted molar refractivity (Wildman–Crippen MR) is 159 cm³/mol. The summed E-state index contributed by atoms with van der Waals surface area (Å²) in [7, 11) is 0. The minimum Gasteiger partial charge on any atom is -0.494 e. The number of carbonyl (C=O) groups is 3. The van der Waals surface area contributed by atoms with Crippen molar-refractivity contribution in [1.82, 2.24) is 24.8 Å². The first-order chi connectivity index (χ1) is 21.5. The molecule has 12 nitrogen and oxygen atoms in total. The third kappa shape index (κ3) is 4.39. The van der Waals surface area contributed by atoms with Crippen molar-refractivity contribution in [3.8, 4) is 5.75 Å². The Hall–Kier alpha value is -4.55. The fourth-order valence-electron chi connectivity index (χ4n) is 7.10. The van der Waals surface area contributed by atoms with Crippen molar-refractivity contribution in [2.24, 2.45) is 11.8 Å². The first-order valence-electron chi connectivity index (χ1n) is 15.0. The molecule has 1 unspecified atom stereocenters. The van der Waals surface area contributed by atoms with Crippen LogP contribution in [0, 0.1) is 11.8 Å². The summed E-state index contributed by atoms with van der Waals surface area (Å²) in [5.74, 6) is -1.91. The Bertz CT molecular complexity index is 1650. The zero-order valence-electron chi connectivity index (χ0n) is 24.4. The molecule has 5 heterocycles. The normalized spacial score (nSPS) is 27.9. The van der Waals surface area contributed by atoms with Gasteiger partial charge in [0.05, 0.1) is 30.1 Å². The molecule has 7 rings (SSSR count). The molecule has 5 atom stereocenters. The van der Waals surface area contributed by atoms with Crippen LogP contribution in [0.4, 0.5) is 5.69 Å². The molecular weight excluding hydrogens is 564 g/mol. The van der Waals surface area contributed by atoms with Gasteiger partial charge in [-0.2, -0.15) is 0 Å². The van der Waals surface area contributed by atoms with E-state index in [-0.39, 0.29) is 50.5 Å². The van der Waals surface area contributed by atoms with E-state index in [1.54, 1.807) is 14.5 Å². The highest BCUT2D eigenvalue weighted by Crippen LogP contribution is 2.53. The Balaban J connectivity index is 1.24. The Morgan fingerprint density at radius 3 is 2.64 bits per heavy atom. The van der Waals surface area contributed by atoms with Crippen molar-refractivity contribution in [3.05, 3.63) is 72.8 Å². The first-order valence-corrected chi connectivity index (χ1v) is 15.0. The summed E-state index contributed by atoms with van der Waals surface area (Å²) in [6.07, 6.45) is 6.98. The lowest BCUT2D eigenvalue weighted by Gasteiger charge is -2.35. The highest BCUT2D eigenvalue weighted by Gasteiger charge is 2.71. The summed E-state index contributed by atoms with van der Waals surface area (Å²) in [5.41, 5.74) is 0.830. The summed E-state index contributed by atoms with van der Waals surface area (Å²) < 4.78 is 13.9. The van der Waals surface area contributed by atoms with E-state index < -0.39 is 29.6 Å². The maximum Gasteiger partial charge on any atom is 0.250 e. The number of likely N-dealkylation sites (tertiary alicyclic amines) is 1. The first kappa shape index (κ1) is 28.2. The van der Waals surface area contributed by atoms with E-state index in [0.717, 1.165) is 5.52 Å². The molecular formula is C32H34N6O6. The molecule has 3 aromatic rings. The molecule has 1 aromatic heterocycles. The molecule has 1 spiro atoms. The minimum absolute atomic E-state index is 0.125. The summed E-state index contributed by atoms with van der Waals surface area (Å²) in [6, 6.07) is 13.8. The molecule has 4 aliphatic heterocycles. The zero-order valence-corrected chi connectivity index (χ0v) is 24.4. The fourth-order valence-corrected chi connectivity index (χ4v) is 7.10. The van der Waals surface area contributed by atoms with Crippen LogP contribution in [-0.2, 0) is 25.8 Å². The molecule has 228 valence electrons. The number of amides is 3. The van der Waals surface area contributed by atoms with E-state index in [0.29, 0.717) is 30.1 Å². The second-order valence-electron chi connectivity index (χ2n) is 11.4. The molecule has 0 radical (unpaired) electrons. The van der Waals surface area contributed by atoms with Gasteiger partial charge in [0, 0.05) is 31.9 Å². The van der Waals surface area contributed by atoms with Crippen molar-refractivity contribution in [1.29, 1.82) is 0 Å². The molecule has 0 saturated carbocycles. The Kier molecular flexibility index (Phi) is 7.17. The third-order valence-corrected chi connectivity index (χ3v) is 8.98. The highest BCUT2D eigenvalue weighted by molar-refractivity contribution is 6.03. The van der Waals surface area contributed by atoms with Gasteiger partial charge in [-0.25, -0.2) is 4.68 Å². The number of fused-ring (bicyclic) bond motifs is 3. The summed E-state index contributed by atoms with van der Waals surface area (Å²) in [4.78, 5) is 47.8. The molecule has 44 heavy (non-hydrogen) atoms. The van der Waals surface area contributed by atoms with Crippen molar-refractivity contribution < 1.29 is 29.0 Å².